The molecule has 1 aliphatic rings. The minimum atomic E-state index is -0.234. The molecule has 1 amide bonds. The van der Waals surface area contributed by atoms with E-state index in [4.69, 9.17) is 0 Å². The molecule has 5 heteroatoms. The maximum absolute atomic E-state index is 13.4. The minimum Gasteiger partial charge on any atom is -0.393 e. The maximum Gasteiger partial charge on any atom is 0.223 e. The zero-order chi connectivity index (χ0) is 14.5. The summed E-state index contributed by atoms with van der Waals surface area (Å²) in [6.45, 7) is 0.709. The second-order valence-corrected chi connectivity index (χ2v) is 6.43. The fourth-order valence-electron chi connectivity index (χ4n) is 2.34. The standard InChI is InChI=1S/C15H20FNO2S/c1-17(10-11-8-12(18)9-11)15(19)6-7-20-14-5-3-2-4-13(14)16/h2-5,11-12,18H,6-10H2,1H3. The Morgan fingerprint density at radius 2 is 2.15 bits per heavy atom. The van der Waals surface area contributed by atoms with Gasteiger partial charge in [-0.3, -0.25) is 4.79 Å². The van der Waals surface area contributed by atoms with E-state index in [9.17, 15) is 14.3 Å². The summed E-state index contributed by atoms with van der Waals surface area (Å²) in [5.41, 5.74) is 0. The van der Waals surface area contributed by atoms with Crippen LogP contribution in [-0.2, 0) is 4.79 Å². The predicted octanol–water partition coefficient (Wildman–Crippen LogP) is 2.54. The zero-order valence-electron chi connectivity index (χ0n) is 11.6. The topological polar surface area (TPSA) is 40.5 Å². The normalized spacial score (nSPS) is 21.4. The van der Waals surface area contributed by atoms with Crippen LogP contribution in [0.2, 0.25) is 0 Å². The summed E-state index contributed by atoms with van der Waals surface area (Å²) in [6, 6.07) is 6.61. The average molecular weight is 297 g/mol. The molecule has 0 radical (unpaired) electrons. The fraction of sp³-hybridized carbons (Fsp3) is 0.533. The largest absolute Gasteiger partial charge is 0.393 e. The van der Waals surface area contributed by atoms with Gasteiger partial charge in [0.05, 0.1) is 6.10 Å². The Bertz CT molecular complexity index is 463. The van der Waals surface area contributed by atoms with Gasteiger partial charge in [-0.15, -0.1) is 11.8 Å². The third-order valence-electron chi connectivity index (χ3n) is 3.58. The monoisotopic (exact) mass is 297 g/mol. The molecule has 0 atom stereocenters. The van der Waals surface area contributed by atoms with Crippen LogP contribution in [0.4, 0.5) is 4.39 Å². The third kappa shape index (κ3) is 4.21. The Labute approximate surface area is 123 Å². The molecule has 1 N–H and O–H groups in total. The number of aliphatic hydroxyl groups is 1. The molecule has 1 aromatic carbocycles. The van der Waals surface area contributed by atoms with E-state index in [1.807, 2.05) is 0 Å². The molecule has 20 heavy (non-hydrogen) atoms. The van der Waals surface area contributed by atoms with Gasteiger partial charge in [0.25, 0.3) is 0 Å². The summed E-state index contributed by atoms with van der Waals surface area (Å²) in [6.07, 6.45) is 1.81. The molecule has 1 aliphatic carbocycles. The van der Waals surface area contributed by atoms with Crippen LogP contribution in [0.25, 0.3) is 0 Å². The lowest BCUT2D eigenvalue weighted by Crippen LogP contribution is -2.39. The van der Waals surface area contributed by atoms with Gasteiger partial charge in [0.15, 0.2) is 0 Å². The number of aliphatic hydroxyl groups excluding tert-OH is 1. The molecule has 2 rings (SSSR count). The Kier molecular flexibility index (Phi) is 5.43. The first-order chi connectivity index (χ1) is 9.56. The minimum absolute atomic E-state index is 0.0789. The van der Waals surface area contributed by atoms with Gasteiger partial charge in [-0.2, -0.15) is 0 Å². The molecule has 0 bridgehead atoms. The van der Waals surface area contributed by atoms with Crippen LogP contribution in [0.5, 0.6) is 0 Å². The number of hydrogen-bond acceptors (Lipinski definition) is 3. The van der Waals surface area contributed by atoms with Gasteiger partial charge in [-0.05, 0) is 30.9 Å². The second kappa shape index (κ2) is 7.09. The molecule has 0 aromatic heterocycles. The SMILES string of the molecule is CN(CC1CC(O)C1)C(=O)CCSc1ccccc1F. The van der Waals surface area contributed by atoms with E-state index in [2.05, 4.69) is 0 Å². The first-order valence-corrected chi connectivity index (χ1v) is 7.84. The van der Waals surface area contributed by atoms with Crippen LogP contribution in [-0.4, -0.2) is 41.4 Å². The van der Waals surface area contributed by atoms with Gasteiger partial charge < -0.3 is 10.0 Å². The lowest BCUT2D eigenvalue weighted by Gasteiger charge is -2.34. The van der Waals surface area contributed by atoms with Crippen LogP contribution >= 0.6 is 11.8 Å². The molecule has 0 saturated heterocycles. The van der Waals surface area contributed by atoms with E-state index in [-0.39, 0.29) is 17.8 Å². The van der Waals surface area contributed by atoms with Crippen LogP contribution in [0.15, 0.2) is 29.2 Å². The lowest BCUT2D eigenvalue weighted by atomic mass is 9.82. The molecular weight excluding hydrogens is 277 g/mol. The van der Waals surface area contributed by atoms with E-state index in [1.165, 1.54) is 17.8 Å². The van der Waals surface area contributed by atoms with Crippen molar-refractivity contribution in [2.75, 3.05) is 19.3 Å². The summed E-state index contributed by atoms with van der Waals surface area (Å²) in [7, 11) is 1.79. The van der Waals surface area contributed by atoms with Crippen molar-refractivity contribution in [3.63, 3.8) is 0 Å². The van der Waals surface area contributed by atoms with Crippen molar-refractivity contribution in [1.82, 2.24) is 4.90 Å². The summed E-state index contributed by atoms with van der Waals surface area (Å²) in [4.78, 5) is 14.2. The fourth-order valence-corrected chi connectivity index (χ4v) is 3.22. The van der Waals surface area contributed by atoms with Gasteiger partial charge in [-0.25, -0.2) is 4.39 Å². The smallest absolute Gasteiger partial charge is 0.223 e. The Hall–Kier alpha value is -1.07. The highest BCUT2D eigenvalue weighted by Crippen LogP contribution is 2.28. The molecule has 0 unspecified atom stereocenters. The molecule has 0 aliphatic heterocycles. The van der Waals surface area contributed by atoms with E-state index in [1.54, 1.807) is 30.1 Å². The Morgan fingerprint density at radius 3 is 2.80 bits per heavy atom. The number of benzene rings is 1. The summed E-state index contributed by atoms with van der Waals surface area (Å²) in [5.74, 6) is 0.854. The maximum atomic E-state index is 13.4. The van der Waals surface area contributed by atoms with Gasteiger partial charge in [-0.1, -0.05) is 12.1 Å². The van der Waals surface area contributed by atoms with Crippen LogP contribution in [0.1, 0.15) is 19.3 Å². The van der Waals surface area contributed by atoms with E-state index < -0.39 is 0 Å². The molecule has 1 fully saturated rings. The van der Waals surface area contributed by atoms with Crippen LogP contribution in [0.3, 0.4) is 0 Å². The van der Waals surface area contributed by atoms with Crippen LogP contribution in [0, 0.1) is 11.7 Å². The quantitative estimate of drug-likeness (QED) is 0.820. The molecule has 1 saturated carbocycles. The number of halogens is 1. The number of hydrogen-bond donors (Lipinski definition) is 1. The number of thioether (sulfide) groups is 1. The average Bonchev–Trinajstić information content (AvgIpc) is 2.39. The molecule has 3 nitrogen and oxygen atoms in total. The van der Waals surface area contributed by atoms with Gasteiger partial charge >= 0.3 is 0 Å². The van der Waals surface area contributed by atoms with Crippen molar-refractivity contribution in [3.05, 3.63) is 30.1 Å². The highest BCUT2D eigenvalue weighted by atomic mass is 32.2. The molecular formula is C15H20FNO2S. The molecule has 0 spiro atoms. The summed E-state index contributed by atoms with van der Waals surface area (Å²) >= 11 is 1.37. The van der Waals surface area contributed by atoms with E-state index >= 15 is 0 Å². The van der Waals surface area contributed by atoms with Crippen molar-refractivity contribution in [2.45, 2.75) is 30.3 Å². The first-order valence-electron chi connectivity index (χ1n) is 6.85. The molecule has 0 heterocycles. The zero-order valence-corrected chi connectivity index (χ0v) is 12.4. The van der Waals surface area contributed by atoms with Gasteiger partial charge in [0.1, 0.15) is 5.82 Å². The van der Waals surface area contributed by atoms with Gasteiger partial charge in [0, 0.05) is 30.7 Å². The second-order valence-electron chi connectivity index (χ2n) is 5.29. The number of nitrogens with zero attached hydrogens (tertiary/aromatic N) is 1. The van der Waals surface area contributed by atoms with Crippen LogP contribution < -0.4 is 0 Å². The van der Waals surface area contributed by atoms with Crippen molar-refractivity contribution in [3.8, 4) is 0 Å². The Morgan fingerprint density at radius 1 is 1.45 bits per heavy atom. The van der Waals surface area contributed by atoms with E-state index in [0.29, 0.717) is 29.5 Å². The van der Waals surface area contributed by atoms with E-state index in [0.717, 1.165) is 12.8 Å². The number of amides is 1. The molecule has 110 valence electrons. The summed E-state index contributed by atoms with van der Waals surface area (Å²) in [5, 5.41) is 9.22. The van der Waals surface area contributed by atoms with Crippen molar-refractivity contribution >= 4 is 17.7 Å². The first kappa shape index (κ1) is 15.3. The third-order valence-corrected chi connectivity index (χ3v) is 4.63. The van der Waals surface area contributed by atoms with Crippen molar-refractivity contribution in [1.29, 1.82) is 0 Å². The molecule has 1 aromatic rings. The van der Waals surface area contributed by atoms with Crippen molar-refractivity contribution < 1.29 is 14.3 Å². The lowest BCUT2D eigenvalue weighted by molar-refractivity contribution is -0.131. The number of carbonyl (C=O) groups is 1. The predicted molar refractivity (Wildman–Crippen MR) is 78.1 cm³/mol. The highest BCUT2D eigenvalue weighted by molar-refractivity contribution is 7.99. The number of rotatable bonds is 6. The van der Waals surface area contributed by atoms with Gasteiger partial charge in [0.2, 0.25) is 5.91 Å². The van der Waals surface area contributed by atoms with Crippen molar-refractivity contribution in [2.24, 2.45) is 5.92 Å². The Balaban J connectivity index is 1.68. The number of carbonyl (C=O) groups excluding carboxylic acids is 1. The highest BCUT2D eigenvalue weighted by Gasteiger charge is 2.28. The summed E-state index contributed by atoms with van der Waals surface area (Å²) < 4.78 is 13.4.